The quantitative estimate of drug-likeness (QED) is 0.659. The molecule has 1 fully saturated rings. The van der Waals surface area contributed by atoms with Crippen molar-refractivity contribution in [2.24, 2.45) is 0 Å². The van der Waals surface area contributed by atoms with Gasteiger partial charge in [-0.2, -0.15) is 0 Å². The van der Waals surface area contributed by atoms with E-state index in [1.165, 1.54) is 0 Å². The summed E-state index contributed by atoms with van der Waals surface area (Å²) in [6.45, 7) is 6.09. The molecule has 2 atom stereocenters. The van der Waals surface area contributed by atoms with Crippen LogP contribution in [-0.2, 0) is 4.74 Å². The fourth-order valence-corrected chi connectivity index (χ4v) is 1.68. The number of aliphatic hydroxyl groups is 1. The summed E-state index contributed by atoms with van der Waals surface area (Å²) in [7, 11) is 1.67. The lowest BCUT2D eigenvalue weighted by Gasteiger charge is -2.37. The van der Waals surface area contributed by atoms with Crippen LogP contribution in [0.4, 0.5) is 0 Å². The van der Waals surface area contributed by atoms with E-state index in [0.29, 0.717) is 6.04 Å². The molecule has 1 aliphatic rings. The van der Waals surface area contributed by atoms with E-state index in [2.05, 4.69) is 18.7 Å². The Hall–Kier alpha value is -0.120. The number of aliphatic hydroxyl groups excluding tert-OH is 1. The molecule has 3 nitrogen and oxygen atoms in total. The first-order valence-electron chi connectivity index (χ1n) is 4.60. The largest absolute Gasteiger partial charge is 0.389 e. The van der Waals surface area contributed by atoms with Gasteiger partial charge in [-0.3, -0.25) is 4.90 Å². The van der Waals surface area contributed by atoms with E-state index in [-0.39, 0.29) is 12.2 Å². The van der Waals surface area contributed by atoms with Crippen LogP contribution in [0.2, 0.25) is 0 Å². The highest BCUT2D eigenvalue weighted by molar-refractivity contribution is 4.81. The summed E-state index contributed by atoms with van der Waals surface area (Å²) in [4.78, 5) is 2.28. The van der Waals surface area contributed by atoms with Gasteiger partial charge in [0.2, 0.25) is 0 Å². The van der Waals surface area contributed by atoms with Gasteiger partial charge in [0.1, 0.15) is 0 Å². The normalized spacial score (nSPS) is 32.8. The van der Waals surface area contributed by atoms with Crippen LogP contribution in [-0.4, -0.2) is 48.5 Å². The van der Waals surface area contributed by atoms with Crippen LogP contribution in [0.1, 0.15) is 20.3 Å². The van der Waals surface area contributed by atoms with E-state index in [9.17, 15) is 5.11 Å². The first kappa shape index (κ1) is 9.96. The second-order valence-electron chi connectivity index (χ2n) is 3.72. The number of piperidine rings is 1. The monoisotopic (exact) mass is 173 g/mol. The molecule has 0 saturated carbocycles. The Bertz CT molecular complexity index is 138. The fraction of sp³-hybridized carbons (Fsp3) is 1.00. The molecule has 2 unspecified atom stereocenters. The molecule has 1 rings (SSSR count). The summed E-state index contributed by atoms with van der Waals surface area (Å²) in [6, 6.07) is 0.525. The average molecular weight is 173 g/mol. The van der Waals surface area contributed by atoms with Crippen molar-refractivity contribution in [2.75, 3.05) is 20.2 Å². The highest BCUT2D eigenvalue weighted by atomic mass is 16.5. The summed E-state index contributed by atoms with van der Waals surface area (Å²) in [5.41, 5.74) is 0. The molecule has 0 aromatic rings. The first-order chi connectivity index (χ1) is 5.65. The van der Waals surface area contributed by atoms with Gasteiger partial charge in [-0.1, -0.05) is 0 Å². The van der Waals surface area contributed by atoms with E-state index in [1.54, 1.807) is 7.11 Å². The van der Waals surface area contributed by atoms with Gasteiger partial charge >= 0.3 is 0 Å². The molecule has 0 bridgehead atoms. The van der Waals surface area contributed by atoms with Gasteiger partial charge in [-0.15, -0.1) is 0 Å². The Balaban J connectivity index is 2.40. The number of nitrogens with zero attached hydrogens (tertiary/aromatic N) is 1. The van der Waals surface area contributed by atoms with Crippen LogP contribution in [0.15, 0.2) is 0 Å². The van der Waals surface area contributed by atoms with Crippen LogP contribution in [0.25, 0.3) is 0 Å². The zero-order valence-corrected chi connectivity index (χ0v) is 8.16. The van der Waals surface area contributed by atoms with E-state index in [1.807, 2.05) is 0 Å². The Morgan fingerprint density at radius 1 is 1.50 bits per heavy atom. The zero-order valence-electron chi connectivity index (χ0n) is 8.16. The van der Waals surface area contributed by atoms with Crippen molar-refractivity contribution in [1.29, 1.82) is 0 Å². The minimum absolute atomic E-state index is 0.0417. The lowest BCUT2D eigenvalue weighted by atomic mass is 10.0. The summed E-state index contributed by atoms with van der Waals surface area (Å²) in [5.74, 6) is 0. The number of β-amino-alcohol motifs (C(OH)–C–C–N with tert-alkyl or cyclic N) is 1. The average Bonchev–Trinajstić information content (AvgIpc) is 2.04. The van der Waals surface area contributed by atoms with Gasteiger partial charge in [-0.25, -0.2) is 0 Å². The van der Waals surface area contributed by atoms with Crippen LogP contribution in [0.5, 0.6) is 0 Å². The summed E-state index contributed by atoms with van der Waals surface area (Å²) in [5, 5.41) is 9.62. The molecule has 0 amide bonds. The lowest BCUT2D eigenvalue weighted by molar-refractivity contribution is -0.0658. The molecule has 1 saturated heterocycles. The van der Waals surface area contributed by atoms with Crippen LogP contribution < -0.4 is 0 Å². The summed E-state index contributed by atoms with van der Waals surface area (Å²) in [6.07, 6.45) is 0.668. The molecule has 1 heterocycles. The van der Waals surface area contributed by atoms with Gasteiger partial charge in [-0.05, 0) is 20.3 Å². The third-order valence-electron chi connectivity index (χ3n) is 2.58. The smallest absolute Gasteiger partial charge is 0.0928 e. The minimum atomic E-state index is -0.314. The summed E-state index contributed by atoms with van der Waals surface area (Å²) < 4.78 is 5.15. The Morgan fingerprint density at radius 3 is 2.58 bits per heavy atom. The van der Waals surface area contributed by atoms with E-state index >= 15 is 0 Å². The van der Waals surface area contributed by atoms with E-state index < -0.39 is 0 Å². The Morgan fingerprint density at radius 2 is 2.17 bits per heavy atom. The molecule has 72 valence electrons. The van der Waals surface area contributed by atoms with Gasteiger partial charge < -0.3 is 9.84 Å². The highest BCUT2D eigenvalue weighted by Crippen LogP contribution is 2.15. The van der Waals surface area contributed by atoms with Gasteiger partial charge in [0.25, 0.3) is 0 Å². The molecule has 0 aromatic carbocycles. The molecule has 3 heteroatoms. The van der Waals surface area contributed by atoms with Crippen LogP contribution in [0.3, 0.4) is 0 Å². The molecular formula is C9H19NO2. The third kappa shape index (κ3) is 2.19. The third-order valence-corrected chi connectivity index (χ3v) is 2.58. The van der Waals surface area contributed by atoms with Gasteiger partial charge in [0.15, 0.2) is 0 Å². The van der Waals surface area contributed by atoms with Crippen molar-refractivity contribution in [3.63, 3.8) is 0 Å². The Labute approximate surface area is 74.3 Å². The number of rotatable bonds is 2. The molecule has 0 aromatic heterocycles. The van der Waals surface area contributed by atoms with Crippen molar-refractivity contribution >= 4 is 0 Å². The maximum absolute atomic E-state index is 9.62. The standard InChI is InChI=1S/C9H19NO2/c1-7(2)10-5-4-9(12-3)8(11)6-10/h7-9,11H,4-6H2,1-3H3. The molecule has 0 spiro atoms. The van der Waals surface area contributed by atoms with E-state index in [0.717, 1.165) is 19.5 Å². The van der Waals surface area contributed by atoms with Crippen LogP contribution in [0, 0.1) is 0 Å². The molecule has 0 radical (unpaired) electrons. The Kier molecular flexibility index (Phi) is 3.50. The number of methoxy groups -OCH3 is 1. The van der Waals surface area contributed by atoms with Crippen molar-refractivity contribution < 1.29 is 9.84 Å². The first-order valence-corrected chi connectivity index (χ1v) is 4.60. The minimum Gasteiger partial charge on any atom is -0.389 e. The van der Waals surface area contributed by atoms with Crippen molar-refractivity contribution in [3.05, 3.63) is 0 Å². The number of ether oxygens (including phenoxy) is 1. The fourth-order valence-electron chi connectivity index (χ4n) is 1.68. The molecule has 1 N–H and O–H groups in total. The molecule has 1 aliphatic heterocycles. The van der Waals surface area contributed by atoms with Crippen LogP contribution >= 0.6 is 0 Å². The van der Waals surface area contributed by atoms with Crippen molar-refractivity contribution in [1.82, 2.24) is 4.90 Å². The number of likely N-dealkylation sites (tertiary alicyclic amines) is 1. The maximum Gasteiger partial charge on any atom is 0.0928 e. The van der Waals surface area contributed by atoms with E-state index in [4.69, 9.17) is 4.74 Å². The second kappa shape index (κ2) is 4.21. The van der Waals surface area contributed by atoms with Gasteiger partial charge in [0, 0.05) is 26.2 Å². The number of hydrogen-bond acceptors (Lipinski definition) is 3. The molecule has 12 heavy (non-hydrogen) atoms. The second-order valence-corrected chi connectivity index (χ2v) is 3.72. The molecule has 0 aliphatic carbocycles. The highest BCUT2D eigenvalue weighted by Gasteiger charge is 2.28. The van der Waals surface area contributed by atoms with Crippen molar-refractivity contribution in [2.45, 2.75) is 38.5 Å². The maximum atomic E-state index is 9.62. The predicted octanol–water partition coefficient (Wildman–Crippen LogP) is 0.476. The topological polar surface area (TPSA) is 32.7 Å². The SMILES string of the molecule is COC1CCN(C(C)C)CC1O. The molecular weight excluding hydrogens is 154 g/mol. The predicted molar refractivity (Wildman–Crippen MR) is 48.1 cm³/mol. The van der Waals surface area contributed by atoms with Gasteiger partial charge in [0.05, 0.1) is 12.2 Å². The lowest BCUT2D eigenvalue weighted by Crippen LogP contribution is -2.49. The summed E-state index contributed by atoms with van der Waals surface area (Å²) >= 11 is 0. The zero-order chi connectivity index (χ0) is 9.14. The number of hydrogen-bond donors (Lipinski definition) is 1. The van der Waals surface area contributed by atoms with Crippen molar-refractivity contribution in [3.8, 4) is 0 Å².